The molecule has 2 aromatic rings. The van der Waals surface area contributed by atoms with Crippen LogP contribution in [0, 0.1) is 28.5 Å². The predicted octanol–water partition coefficient (Wildman–Crippen LogP) is 4.50. The smallest absolute Gasteiger partial charge is 0.354 e. The molecule has 1 atom stereocenters. The van der Waals surface area contributed by atoms with Crippen LogP contribution in [0.25, 0.3) is 0 Å². The number of rotatable bonds is 8. The quantitative estimate of drug-likeness (QED) is 0.580. The van der Waals surface area contributed by atoms with E-state index in [1.54, 1.807) is 0 Å². The molecule has 3 rings (SSSR count). The third kappa shape index (κ3) is 5.41. The van der Waals surface area contributed by atoms with E-state index in [0.717, 1.165) is 12.1 Å². The summed E-state index contributed by atoms with van der Waals surface area (Å²) in [6, 6.07) is 7.22. The molecule has 10 heteroatoms. The number of hydrogen-bond donors (Lipinski definition) is 2. The number of hydrogen-bond acceptors (Lipinski definition) is 5. The number of carbonyl (C=O) groups is 2. The van der Waals surface area contributed by atoms with Crippen LogP contribution in [0.3, 0.4) is 0 Å². The van der Waals surface area contributed by atoms with Gasteiger partial charge < -0.3 is 10.6 Å². The number of nitrogens with zero attached hydrogens (tertiary/aromatic N) is 2. The van der Waals surface area contributed by atoms with Crippen molar-refractivity contribution in [3.63, 3.8) is 0 Å². The first-order valence-electron chi connectivity index (χ1n) is 9.83. The Kier molecular flexibility index (Phi) is 6.48. The van der Waals surface area contributed by atoms with Crippen molar-refractivity contribution in [2.45, 2.75) is 38.9 Å². The molecule has 0 radical (unpaired) electrons. The van der Waals surface area contributed by atoms with Crippen LogP contribution >= 0.6 is 0 Å². The molecule has 168 valence electrons. The zero-order valence-corrected chi connectivity index (χ0v) is 17.1. The van der Waals surface area contributed by atoms with Crippen LogP contribution in [-0.2, 0) is 22.3 Å². The summed E-state index contributed by atoms with van der Waals surface area (Å²) in [5.74, 6) is -2.32. The molecule has 0 aliphatic heterocycles. The maximum absolute atomic E-state index is 13.2. The molecule has 1 unspecified atom stereocenters. The van der Waals surface area contributed by atoms with E-state index in [1.807, 2.05) is 6.07 Å². The van der Waals surface area contributed by atoms with Gasteiger partial charge in [0.15, 0.2) is 5.78 Å². The molecule has 1 amide bonds. The molecule has 1 heterocycles. The zero-order valence-electron chi connectivity index (χ0n) is 17.1. The molecule has 2 N–H and O–H groups in total. The van der Waals surface area contributed by atoms with Gasteiger partial charge in [-0.2, -0.15) is 18.4 Å². The molecular weight excluding hydrogens is 428 g/mol. The average molecular weight is 448 g/mol. The molecule has 1 fully saturated rings. The maximum Gasteiger partial charge on any atom is 0.418 e. The Morgan fingerprint density at radius 1 is 1.25 bits per heavy atom. The van der Waals surface area contributed by atoms with Crippen LogP contribution < -0.4 is 10.6 Å². The Labute approximate surface area is 181 Å². The monoisotopic (exact) mass is 448 g/mol. The van der Waals surface area contributed by atoms with Crippen molar-refractivity contribution in [2.75, 3.05) is 5.32 Å². The summed E-state index contributed by atoms with van der Waals surface area (Å²) in [4.78, 5) is 28.6. The second kappa shape index (κ2) is 8.94. The molecule has 1 saturated carbocycles. The van der Waals surface area contributed by atoms with E-state index in [1.165, 1.54) is 25.3 Å². The predicted molar refractivity (Wildman–Crippen MR) is 107 cm³/mol. The lowest BCUT2D eigenvalue weighted by atomic mass is 9.93. The van der Waals surface area contributed by atoms with Crippen molar-refractivity contribution < 1.29 is 27.2 Å². The van der Waals surface area contributed by atoms with Gasteiger partial charge in [0.2, 0.25) is 5.91 Å². The Morgan fingerprint density at radius 2 is 1.97 bits per heavy atom. The van der Waals surface area contributed by atoms with Crippen LogP contribution in [0.5, 0.6) is 0 Å². The van der Waals surface area contributed by atoms with Crippen molar-refractivity contribution in [1.29, 1.82) is 5.26 Å². The summed E-state index contributed by atoms with van der Waals surface area (Å²) in [5, 5.41) is 14.1. The van der Waals surface area contributed by atoms with Crippen LogP contribution in [0.1, 0.15) is 37.4 Å². The number of halogens is 4. The second-order valence-electron chi connectivity index (χ2n) is 7.81. The fraction of sp³-hybridized carbons (Fsp3) is 0.364. The van der Waals surface area contributed by atoms with Gasteiger partial charge in [-0.25, -0.2) is 4.39 Å². The average Bonchev–Trinajstić information content (AvgIpc) is 3.53. The number of aromatic nitrogens is 1. The summed E-state index contributed by atoms with van der Waals surface area (Å²) in [6.07, 6.45) is -2.28. The van der Waals surface area contributed by atoms with Gasteiger partial charge in [0.1, 0.15) is 11.7 Å². The first-order valence-corrected chi connectivity index (χ1v) is 9.83. The van der Waals surface area contributed by atoms with Crippen LogP contribution in [-0.4, -0.2) is 16.7 Å². The summed E-state index contributed by atoms with van der Waals surface area (Å²) in [7, 11) is 0. The number of amides is 1. The summed E-state index contributed by atoms with van der Waals surface area (Å²) >= 11 is 0. The Bertz CT molecular complexity index is 1060. The van der Waals surface area contributed by atoms with Gasteiger partial charge in [0.05, 0.1) is 46.9 Å². The minimum atomic E-state index is -4.73. The number of nitriles is 1. The largest absolute Gasteiger partial charge is 0.418 e. The van der Waals surface area contributed by atoms with Crippen LogP contribution in [0.4, 0.5) is 28.9 Å². The van der Waals surface area contributed by atoms with Gasteiger partial charge >= 0.3 is 6.18 Å². The Balaban J connectivity index is 1.60. The number of ketones is 1. The summed E-state index contributed by atoms with van der Waals surface area (Å²) in [5.41, 5.74) is -1.50. The lowest BCUT2D eigenvalue weighted by molar-refractivity contribution is -0.137. The lowest BCUT2D eigenvalue weighted by Crippen LogP contribution is -2.34. The van der Waals surface area contributed by atoms with Crippen molar-refractivity contribution in [3.05, 3.63) is 53.6 Å². The number of pyridine rings is 1. The normalized spacial score (nSPS) is 15.4. The van der Waals surface area contributed by atoms with E-state index in [2.05, 4.69) is 15.6 Å². The molecule has 0 bridgehead atoms. The van der Waals surface area contributed by atoms with Gasteiger partial charge in [-0.15, -0.1) is 0 Å². The number of alkyl halides is 3. The van der Waals surface area contributed by atoms with Gasteiger partial charge in [-0.05, 0) is 50.1 Å². The molecule has 1 aliphatic carbocycles. The first kappa shape index (κ1) is 23.2. The van der Waals surface area contributed by atoms with Gasteiger partial charge in [-0.3, -0.25) is 14.6 Å². The van der Waals surface area contributed by atoms with Crippen LogP contribution in [0.15, 0.2) is 36.5 Å². The standard InChI is InChI=1S/C22H20F4N4O2/c1-13(10-27)19(31)9-21(6-7-21)20(32)29-11-15-3-4-16(12-28-15)30-18-5-2-14(23)8-17(18)22(24,25)26/h2-5,8,12-13,30H,6-7,9,11H2,1H3,(H,29,32). The van der Waals surface area contributed by atoms with E-state index in [4.69, 9.17) is 5.26 Å². The first-order chi connectivity index (χ1) is 15.0. The highest BCUT2D eigenvalue weighted by Crippen LogP contribution is 2.49. The van der Waals surface area contributed by atoms with E-state index in [-0.39, 0.29) is 36.0 Å². The van der Waals surface area contributed by atoms with Crippen molar-refractivity contribution in [2.24, 2.45) is 11.3 Å². The third-order valence-corrected chi connectivity index (χ3v) is 5.35. The van der Waals surface area contributed by atoms with Gasteiger partial charge in [0, 0.05) is 6.42 Å². The number of anilines is 2. The molecule has 1 aromatic carbocycles. The van der Waals surface area contributed by atoms with E-state index in [9.17, 15) is 27.2 Å². The maximum atomic E-state index is 13.2. The van der Waals surface area contributed by atoms with E-state index >= 15 is 0 Å². The minimum Gasteiger partial charge on any atom is -0.354 e. The zero-order chi connectivity index (χ0) is 23.5. The molecular formula is C22H20F4N4O2. The fourth-order valence-corrected chi connectivity index (χ4v) is 3.17. The van der Waals surface area contributed by atoms with Gasteiger partial charge in [-0.1, -0.05) is 0 Å². The summed E-state index contributed by atoms with van der Waals surface area (Å²) < 4.78 is 52.6. The molecule has 1 aliphatic rings. The third-order valence-electron chi connectivity index (χ3n) is 5.35. The summed E-state index contributed by atoms with van der Waals surface area (Å²) in [6.45, 7) is 1.58. The highest BCUT2D eigenvalue weighted by Gasteiger charge is 2.51. The Hall–Kier alpha value is -3.48. The van der Waals surface area contributed by atoms with E-state index in [0.29, 0.717) is 24.6 Å². The van der Waals surface area contributed by atoms with Crippen molar-refractivity contribution in [3.8, 4) is 6.07 Å². The molecule has 32 heavy (non-hydrogen) atoms. The topological polar surface area (TPSA) is 94.9 Å². The molecule has 6 nitrogen and oxygen atoms in total. The molecule has 0 spiro atoms. The number of Topliss-reactive ketones (excluding diaryl/α,β-unsaturated/α-hetero) is 1. The Morgan fingerprint density at radius 3 is 2.53 bits per heavy atom. The van der Waals surface area contributed by atoms with E-state index < -0.39 is 28.9 Å². The highest BCUT2D eigenvalue weighted by molar-refractivity contribution is 5.93. The number of benzene rings is 1. The minimum absolute atomic E-state index is 0.0169. The number of nitrogens with one attached hydrogen (secondary N) is 2. The van der Waals surface area contributed by atoms with Crippen molar-refractivity contribution in [1.82, 2.24) is 10.3 Å². The molecule has 0 saturated heterocycles. The second-order valence-corrected chi connectivity index (χ2v) is 7.81. The lowest BCUT2D eigenvalue weighted by Gasteiger charge is -2.16. The molecule has 1 aromatic heterocycles. The van der Waals surface area contributed by atoms with Gasteiger partial charge in [0.25, 0.3) is 0 Å². The van der Waals surface area contributed by atoms with Crippen molar-refractivity contribution >= 4 is 23.1 Å². The highest BCUT2D eigenvalue weighted by atomic mass is 19.4. The fourth-order valence-electron chi connectivity index (χ4n) is 3.17. The SMILES string of the molecule is CC(C#N)C(=O)CC1(C(=O)NCc2ccc(Nc3ccc(F)cc3C(F)(F)F)cn2)CC1. The van der Waals surface area contributed by atoms with Crippen LogP contribution in [0.2, 0.25) is 0 Å². The number of carbonyl (C=O) groups excluding carboxylic acids is 2.